The van der Waals surface area contributed by atoms with Crippen LogP contribution in [0.4, 0.5) is 23.4 Å². The van der Waals surface area contributed by atoms with E-state index < -0.39 is 18.9 Å². The van der Waals surface area contributed by atoms with E-state index in [9.17, 15) is 17.6 Å². The Bertz CT molecular complexity index is 334. The molecule has 1 rings (SSSR count). The van der Waals surface area contributed by atoms with Crippen molar-refractivity contribution >= 4 is 17.4 Å². The fourth-order valence-corrected chi connectivity index (χ4v) is 0.866. The van der Waals surface area contributed by atoms with Crippen LogP contribution in [-0.4, -0.2) is 28.9 Å². The Morgan fingerprint density at radius 2 is 2.13 bits per heavy atom. The molecule has 0 amide bonds. The van der Waals surface area contributed by atoms with E-state index in [4.69, 9.17) is 11.6 Å². The van der Waals surface area contributed by atoms with Crippen LogP contribution < -0.4 is 5.32 Å². The van der Waals surface area contributed by atoms with Crippen LogP contribution in [0.5, 0.6) is 0 Å². The molecule has 0 aliphatic carbocycles. The van der Waals surface area contributed by atoms with Crippen LogP contribution in [0.2, 0.25) is 5.28 Å². The molecule has 15 heavy (non-hydrogen) atoms. The third-order valence-corrected chi connectivity index (χ3v) is 1.63. The summed E-state index contributed by atoms with van der Waals surface area (Å²) in [6.07, 6.45) is -2.50. The molecule has 3 nitrogen and oxygen atoms in total. The molecule has 1 heterocycles. The number of nitrogens with zero attached hydrogens (tertiary/aromatic N) is 2. The number of aromatic nitrogens is 2. The molecule has 0 atom stereocenters. The smallest absolute Gasteiger partial charge is 0.324 e. The van der Waals surface area contributed by atoms with E-state index in [1.807, 2.05) is 5.32 Å². The summed E-state index contributed by atoms with van der Waals surface area (Å²) < 4.78 is 48.4. The Kier molecular flexibility index (Phi) is 3.67. The Hall–Kier alpha value is -1.11. The fraction of sp³-hybridized carbons (Fsp3) is 0.429. The number of hydrogen-bond acceptors (Lipinski definition) is 3. The van der Waals surface area contributed by atoms with Gasteiger partial charge in [-0.3, -0.25) is 0 Å². The van der Waals surface area contributed by atoms with Gasteiger partial charge in [-0.15, -0.1) is 0 Å². The number of halogens is 5. The van der Waals surface area contributed by atoms with E-state index >= 15 is 0 Å². The van der Waals surface area contributed by atoms with Gasteiger partial charge in [-0.05, 0) is 17.7 Å². The quantitative estimate of drug-likeness (QED) is 0.652. The van der Waals surface area contributed by atoms with Gasteiger partial charge in [0.15, 0.2) is 0 Å². The van der Waals surface area contributed by atoms with Gasteiger partial charge in [0.2, 0.25) is 5.28 Å². The second kappa shape index (κ2) is 4.61. The van der Waals surface area contributed by atoms with E-state index in [-0.39, 0.29) is 11.1 Å². The maximum atomic E-state index is 12.4. The molecular weight excluding hydrogens is 238 g/mol. The van der Waals surface area contributed by atoms with Crippen LogP contribution in [0, 0.1) is 0 Å². The zero-order valence-electron chi connectivity index (χ0n) is 7.22. The van der Waals surface area contributed by atoms with Crippen molar-refractivity contribution in [3.8, 4) is 0 Å². The highest BCUT2D eigenvalue weighted by atomic mass is 35.5. The van der Waals surface area contributed by atoms with Crippen LogP contribution in [-0.2, 0) is 0 Å². The van der Waals surface area contributed by atoms with Gasteiger partial charge in [0, 0.05) is 6.20 Å². The van der Waals surface area contributed by atoms with Crippen molar-refractivity contribution in [2.24, 2.45) is 0 Å². The van der Waals surface area contributed by atoms with Crippen LogP contribution in [0.15, 0.2) is 12.3 Å². The molecule has 0 saturated carbocycles. The molecule has 0 aromatic carbocycles. The van der Waals surface area contributed by atoms with Crippen molar-refractivity contribution in [2.45, 2.75) is 12.3 Å². The normalized spacial score (nSPS) is 11.9. The highest BCUT2D eigenvalue weighted by Gasteiger charge is 2.40. The highest BCUT2D eigenvalue weighted by Crippen LogP contribution is 2.22. The monoisotopic (exact) mass is 243 g/mol. The predicted octanol–water partition coefficient (Wildman–Crippen LogP) is 2.44. The molecule has 0 fully saturated rings. The third kappa shape index (κ3) is 3.50. The number of rotatable bonds is 4. The maximum absolute atomic E-state index is 12.4. The van der Waals surface area contributed by atoms with Crippen LogP contribution in [0.3, 0.4) is 0 Å². The highest BCUT2D eigenvalue weighted by molar-refractivity contribution is 6.28. The lowest BCUT2D eigenvalue weighted by atomic mass is 10.3. The molecule has 1 aromatic rings. The summed E-state index contributed by atoms with van der Waals surface area (Å²) in [6, 6.07) is 1.24. The standard InChI is InChI=1S/C7H6ClF4N3/c8-6-13-2-1-4(15-6)14-3-7(11,12)5(9)10/h1-2,5H,3H2,(H,13,14,15). The molecule has 0 bridgehead atoms. The van der Waals surface area contributed by atoms with Gasteiger partial charge in [-0.2, -0.15) is 8.78 Å². The summed E-state index contributed by atoms with van der Waals surface area (Å²) in [5.41, 5.74) is 0. The van der Waals surface area contributed by atoms with Crippen molar-refractivity contribution in [3.63, 3.8) is 0 Å². The first-order valence-corrected chi connectivity index (χ1v) is 4.18. The van der Waals surface area contributed by atoms with Crippen molar-refractivity contribution < 1.29 is 17.6 Å². The molecule has 0 spiro atoms. The van der Waals surface area contributed by atoms with Crippen molar-refractivity contribution in [3.05, 3.63) is 17.5 Å². The zero-order chi connectivity index (χ0) is 11.5. The molecule has 0 aliphatic heterocycles. The summed E-state index contributed by atoms with van der Waals surface area (Å²) in [5, 5.41) is 1.89. The maximum Gasteiger partial charge on any atom is 0.324 e. The first-order chi connectivity index (χ1) is 6.92. The van der Waals surface area contributed by atoms with Crippen molar-refractivity contribution in [1.29, 1.82) is 0 Å². The van der Waals surface area contributed by atoms with Gasteiger partial charge in [-0.1, -0.05) is 0 Å². The second-order valence-corrected chi connectivity index (χ2v) is 2.96. The molecule has 0 saturated heterocycles. The molecule has 1 N–H and O–H groups in total. The van der Waals surface area contributed by atoms with Gasteiger partial charge >= 0.3 is 12.3 Å². The summed E-state index contributed by atoms with van der Waals surface area (Å²) in [5.74, 6) is -4.13. The van der Waals surface area contributed by atoms with Crippen molar-refractivity contribution in [1.82, 2.24) is 9.97 Å². The van der Waals surface area contributed by atoms with E-state index in [1.54, 1.807) is 0 Å². The third-order valence-electron chi connectivity index (χ3n) is 1.45. The Morgan fingerprint density at radius 1 is 1.47 bits per heavy atom. The van der Waals surface area contributed by atoms with Gasteiger partial charge in [-0.25, -0.2) is 18.7 Å². The predicted molar refractivity (Wildman–Crippen MR) is 46.5 cm³/mol. The van der Waals surface area contributed by atoms with E-state index in [0.717, 1.165) is 0 Å². The van der Waals surface area contributed by atoms with Crippen LogP contribution in [0.25, 0.3) is 0 Å². The molecule has 1 aromatic heterocycles. The number of hydrogen-bond donors (Lipinski definition) is 1. The zero-order valence-corrected chi connectivity index (χ0v) is 7.98. The van der Waals surface area contributed by atoms with E-state index in [1.165, 1.54) is 12.3 Å². The van der Waals surface area contributed by atoms with Gasteiger partial charge < -0.3 is 5.32 Å². The van der Waals surface area contributed by atoms with Gasteiger partial charge in [0.25, 0.3) is 0 Å². The molecule has 84 valence electrons. The lowest BCUT2D eigenvalue weighted by Gasteiger charge is -2.15. The minimum Gasteiger partial charge on any atom is -0.364 e. The average Bonchev–Trinajstić information content (AvgIpc) is 2.15. The van der Waals surface area contributed by atoms with Crippen molar-refractivity contribution in [2.75, 3.05) is 11.9 Å². The van der Waals surface area contributed by atoms with Gasteiger partial charge in [0.05, 0.1) is 6.54 Å². The first-order valence-electron chi connectivity index (χ1n) is 3.80. The molecular formula is C7H6ClF4N3. The number of anilines is 1. The SMILES string of the molecule is FC(F)C(F)(F)CNc1ccnc(Cl)n1. The minimum absolute atomic E-state index is 0.0321. The minimum atomic E-state index is -4.10. The Balaban J connectivity index is 2.57. The fourth-order valence-electron chi connectivity index (χ4n) is 0.719. The lowest BCUT2D eigenvalue weighted by Crippen LogP contribution is -2.35. The topological polar surface area (TPSA) is 37.8 Å². The second-order valence-electron chi connectivity index (χ2n) is 2.63. The molecule has 0 radical (unpaired) electrons. The Morgan fingerprint density at radius 3 is 2.67 bits per heavy atom. The molecule has 8 heteroatoms. The molecule has 0 unspecified atom stereocenters. The van der Waals surface area contributed by atoms with Crippen LogP contribution in [0.1, 0.15) is 0 Å². The van der Waals surface area contributed by atoms with E-state index in [0.29, 0.717) is 0 Å². The first kappa shape index (κ1) is 12.0. The number of nitrogens with one attached hydrogen (secondary N) is 1. The lowest BCUT2D eigenvalue weighted by molar-refractivity contribution is -0.117. The largest absolute Gasteiger partial charge is 0.364 e. The number of alkyl halides is 4. The van der Waals surface area contributed by atoms with Gasteiger partial charge in [0.1, 0.15) is 5.82 Å². The summed E-state index contributed by atoms with van der Waals surface area (Å²) in [6.45, 7) is -1.21. The summed E-state index contributed by atoms with van der Waals surface area (Å²) in [4.78, 5) is 7.00. The average molecular weight is 244 g/mol. The summed E-state index contributed by atoms with van der Waals surface area (Å²) in [7, 11) is 0. The van der Waals surface area contributed by atoms with E-state index in [2.05, 4.69) is 9.97 Å². The summed E-state index contributed by atoms with van der Waals surface area (Å²) >= 11 is 5.36. The Labute approximate surface area is 87.5 Å². The molecule has 0 aliphatic rings. The van der Waals surface area contributed by atoms with Crippen LogP contribution >= 0.6 is 11.6 Å².